The Hall–Kier alpha value is -2.08. The minimum absolute atomic E-state index is 0.219. The van der Waals surface area contributed by atoms with Crippen LogP contribution in [0.4, 0.5) is 0 Å². The van der Waals surface area contributed by atoms with E-state index >= 15 is 0 Å². The Kier molecular flexibility index (Phi) is 3.10. The summed E-state index contributed by atoms with van der Waals surface area (Å²) in [4.78, 5) is 17.6. The van der Waals surface area contributed by atoms with Crippen LogP contribution in [0, 0.1) is 5.92 Å². The van der Waals surface area contributed by atoms with E-state index in [0.29, 0.717) is 12.1 Å². The summed E-state index contributed by atoms with van der Waals surface area (Å²) in [5.74, 6) is 0.944. The Labute approximate surface area is 141 Å². The molecule has 0 spiro atoms. The van der Waals surface area contributed by atoms with E-state index in [9.17, 15) is 4.79 Å². The predicted octanol–water partition coefficient (Wildman–Crippen LogP) is 1.51. The first-order valence-electron chi connectivity index (χ1n) is 8.87. The molecule has 1 aliphatic carbocycles. The van der Waals surface area contributed by atoms with Crippen molar-refractivity contribution in [2.45, 2.75) is 31.5 Å². The molecule has 0 unspecified atom stereocenters. The molecule has 2 atom stereocenters. The van der Waals surface area contributed by atoms with E-state index in [0.717, 1.165) is 37.8 Å². The molecule has 2 aromatic rings. The number of rotatable bonds is 4. The number of carbonyl (C=O) groups excluding carboxylic acids is 1. The van der Waals surface area contributed by atoms with Gasteiger partial charge in [0.25, 0.3) is 5.91 Å². The van der Waals surface area contributed by atoms with Crippen molar-refractivity contribution in [2.75, 3.05) is 19.6 Å². The highest BCUT2D eigenvalue weighted by Gasteiger charge is 2.46. The van der Waals surface area contributed by atoms with E-state index in [1.165, 1.54) is 18.4 Å². The van der Waals surface area contributed by atoms with Gasteiger partial charge >= 0.3 is 0 Å². The van der Waals surface area contributed by atoms with E-state index in [4.69, 9.17) is 0 Å². The topological polar surface area (TPSA) is 46.3 Å². The third-order valence-electron chi connectivity index (χ3n) is 5.67. The summed E-state index contributed by atoms with van der Waals surface area (Å²) in [7, 11) is 1.95. The monoisotopic (exact) mass is 325 g/mol. The van der Waals surface area contributed by atoms with Crippen LogP contribution in [-0.2, 0) is 13.6 Å². The lowest BCUT2D eigenvalue weighted by Gasteiger charge is -2.38. The smallest absolute Gasteiger partial charge is 0.270 e. The van der Waals surface area contributed by atoms with Crippen LogP contribution in [0.3, 0.4) is 0 Å². The normalized spacial score (nSPS) is 26.7. The minimum Gasteiger partial charge on any atom is -0.337 e. The van der Waals surface area contributed by atoms with Gasteiger partial charge in [-0.05, 0) is 30.9 Å². The van der Waals surface area contributed by atoms with Gasteiger partial charge in [0.05, 0.1) is 18.3 Å². The van der Waals surface area contributed by atoms with E-state index in [2.05, 4.69) is 31.9 Å². The van der Waals surface area contributed by atoms with E-state index in [1.54, 1.807) is 0 Å². The van der Waals surface area contributed by atoms with Gasteiger partial charge in [0, 0.05) is 51.2 Å². The molecule has 0 bridgehead atoms. The van der Waals surface area contributed by atoms with Gasteiger partial charge in [0.15, 0.2) is 0 Å². The van der Waals surface area contributed by atoms with Crippen molar-refractivity contribution in [2.24, 2.45) is 13.0 Å². The van der Waals surface area contributed by atoms with Crippen LogP contribution >= 0.6 is 0 Å². The zero-order valence-electron chi connectivity index (χ0n) is 14.0. The van der Waals surface area contributed by atoms with Crippen molar-refractivity contribution in [1.82, 2.24) is 24.1 Å². The molecule has 126 valence electrons. The van der Waals surface area contributed by atoms with Crippen LogP contribution in [-0.4, -0.2) is 55.7 Å². The van der Waals surface area contributed by atoms with Crippen molar-refractivity contribution in [3.05, 3.63) is 42.0 Å². The highest BCUT2D eigenvalue weighted by Crippen LogP contribution is 2.38. The van der Waals surface area contributed by atoms with Gasteiger partial charge in [-0.3, -0.25) is 14.4 Å². The fourth-order valence-corrected chi connectivity index (χ4v) is 4.33. The second-order valence-corrected chi connectivity index (χ2v) is 7.55. The van der Waals surface area contributed by atoms with Crippen LogP contribution in [0.2, 0.25) is 0 Å². The van der Waals surface area contributed by atoms with Crippen molar-refractivity contribution in [1.29, 1.82) is 0 Å². The Morgan fingerprint density at radius 1 is 1.25 bits per heavy atom. The third-order valence-corrected chi connectivity index (χ3v) is 5.67. The number of aromatic nitrogens is 3. The molecule has 3 aliphatic rings. The van der Waals surface area contributed by atoms with Crippen molar-refractivity contribution in [3.63, 3.8) is 0 Å². The predicted molar refractivity (Wildman–Crippen MR) is 89.5 cm³/mol. The summed E-state index contributed by atoms with van der Waals surface area (Å²) >= 11 is 0. The molecule has 2 aromatic heterocycles. The van der Waals surface area contributed by atoms with Gasteiger partial charge in [0.1, 0.15) is 5.69 Å². The van der Waals surface area contributed by atoms with Gasteiger partial charge in [-0.15, -0.1) is 0 Å². The lowest BCUT2D eigenvalue weighted by atomic mass is 10.1. The first-order chi connectivity index (χ1) is 11.7. The fraction of sp³-hybridized carbons (Fsp3) is 0.556. The largest absolute Gasteiger partial charge is 0.337 e. The quantitative estimate of drug-likeness (QED) is 0.856. The maximum atomic E-state index is 12.9. The summed E-state index contributed by atoms with van der Waals surface area (Å²) in [6.45, 7) is 3.79. The molecule has 1 amide bonds. The van der Waals surface area contributed by atoms with Crippen LogP contribution in [0.5, 0.6) is 0 Å². The molecule has 0 aromatic carbocycles. The zero-order chi connectivity index (χ0) is 16.3. The number of hydrogen-bond acceptors (Lipinski definition) is 3. The summed E-state index contributed by atoms with van der Waals surface area (Å²) < 4.78 is 4.06. The van der Waals surface area contributed by atoms with E-state index in [-0.39, 0.29) is 5.91 Å². The molecule has 2 fully saturated rings. The van der Waals surface area contributed by atoms with Gasteiger partial charge in [0.2, 0.25) is 0 Å². The molecule has 1 saturated heterocycles. The molecule has 5 rings (SSSR count). The Balaban J connectivity index is 1.42. The Morgan fingerprint density at radius 3 is 2.83 bits per heavy atom. The fourth-order valence-electron chi connectivity index (χ4n) is 4.33. The van der Waals surface area contributed by atoms with Gasteiger partial charge < -0.3 is 9.47 Å². The molecular weight excluding hydrogens is 302 g/mol. The molecule has 2 aliphatic heterocycles. The minimum atomic E-state index is 0.219. The summed E-state index contributed by atoms with van der Waals surface area (Å²) in [5, 5.41) is 4.27. The molecule has 6 nitrogen and oxygen atoms in total. The van der Waals surface area contributed by atoms with Crippen molar-refractivity contribution >= 4 is 5.91 Å². The van der Waals surface area contributed by atoms with Crippen LogP contribution in [0.1, 0.15) is 34.9 Å². The molecule has 1 saturated carbocycles. The summed E-state index contributed by atoms with van der Waals surface area (Å²) in [6, 6.07) is 4.66. The number of amides is 1. The summed E-state index contributed by atoms with van der Waals surface area (Å²) in [5.41, 5.74) is 2.10. The maximum Gasteiger partial charge on any atom is 0.270 e. The number of hydrogen-bond donors (Lipinski definition) is 0. The third kappa shape index (κ3) is 2.28. The number of fused-ring (bicyclic) bond motifs is 3. The van der Waals surface area contributed by atoms with Crippen LogP contribution in [0.15, 0.2) is 30.7 Å². The number of aryl methyl sites for hydroxylation is 1. The number of nitrogens with zero attached hydrogens (tertiary/aromatic N) is 5. The molecule has 6 heteroatoms. The first-order valence-corrected chi connectivity index (χ1v) is 8.87. The van der Waals surface area contributed by atoms with Gasteiger partial charge in [-0.2, -0.15) is 5.10 Å². The number of carbonyl (C=O) groups is 1. The molecule has 0 radical (unpaired) electrons. The molecule has 4 heterocycles. The highest BCUT2D eigenvalue weighted by atomic mass is 16.2. The standard InChI is InChI=1S/C18H23N5O/c1-20-8-14(7-19-20)9-21-11-16-17(12-21)23(10-13-4-5-13)18(24)15-3-2-6-22(15)16/h2-3,6-8,13,16-17H,4-5,9-12H2,1H3/t16-,17-/m0/s1. The van der Waals surface area contributed by atoms with Crippen molar-refractivity contribution in [3.8, 4) is 0 Å². The molecule has 24 heavy (non-hydrogen) atoms. The van der Waals surface area contributed by atoms with Crippen molar-refractivity contribution < 1.29 is 4.79 Å². The lowest BCUT2D eigenvalue weighted by Crippen LogP contribution is -2.51. The van der Waals surface area contributed by atoms with Crippen LogP contribution < -0.4 is 0 Å². The second-order valence-electron chi connectivity index (χ2n) is 7.55. The SMILES string of the molecule is Cn1cc(CN2C[C@H]3[C@H](C2)n2cccc2C(=O)N3CC2CC2)cn1. The highest BCUT2D eigenvalue weighted by molar-refractivity contribution is 5.94. The first kappa shape index (κ1) is 14.3. The zero-order valence-corrected chi connectivity index (χ0v) is 14.0. The van der Waals surface area contributed by atoms with Gasteiger partial charge in [-0.25, -0.2) is 0 Å². The van der Waals surface area contributed by atoms with Crippen LogP contribution in [0.25, 0.3) is 0 Å². The second kappa shape index (κ2) is 5.21. The maximum absolute atomic E-state index is 12.9. The average molecular weight is 325 g/mol. The van der Waals surface area contributed by atoms with E-state index in [1.807, 2.05) is 30.1 Å². The van der Waals surface area contributed by atoms with E-state index < -0.39 is 0 Å². The Morgan fingerprint density at radius 2 is 2.08 bits per heavy atom. The summed E-state index contributed by atoms with van der Waals surface area (Å²) in [6.07, 6.45) is 8.66. The molecule has 0 N–H and O–H groups in total. The number of likely N-dealkylation sites (tertiary alicyclic amines) is 1. The Bertz CT molecular complexity index is 774. The lowest BCUT2D eigenvalue weighted by molar-refractivity contribution is 0.0565. The average Bonchev–Trinajstić information content (AvgIpc) is 2.96. The molecular formula is C18H23N5O. The van der Waals surface area contributed by atoms with Gasteiger partial charge in [-0.1, -0.05) is 0 Å².